The first kappa shape index (κ1) is 8.66. The van der Waals surface area contributed by atoms with E-state index in [1.807, 2.05) is 11.4 Å². The van der Waals surface area contributed by atoms with E-state index in [9.17, 15) is 0 Å². The molecule has 1 heterocycles. The third kappa shape index (κ3) is 2.26. The standard InChI is InChI=1S/C8H8OS2/c9-6-8-7(2-1-4-10)3-5-11-8/h3,5,9-10H,4,6H2. The summed E-state index contributed by atoms with van der Waals surface area (Å²) in [5.74, 6) is 6.31. The van der Waals surface area contributed by atoms with Crippen LogP contribution in [0.25, 0.3) is 0 Å². The van der Waals surface area contributed by atoms with Gasteiger partial charge in [-0.25, -0.2) is 0 Å². The fraction of sp³-hybridized carbons (Fsp3) is 0.250. The lowest BCUT2D eigenvalue weighted by molar-refractivity contribution is 0.285. The summed E-state index contributed by atoms with van der Waals surface area (Å²) in [5.41, 5.74) is 0.923. The molecule has 0 aromatic carbocycles. The molecule has 1 aromatic rings. The zero-order valence-electron chi connectivity index (χ0n) is 5.87. The van der Waals surface area contributed by atoms with E-state index in [-0.39, 0.29) is 6.61 Å². The van der Waals surface area contributed by atoms with E-state index in [4.69, 9.17) is 5.11 Å². The number of hydrogen-bond acceptors (Lipinski definition) is 3. The van der Waals surface area contributed by atoms with Gasteiger partial charge in [0, 0.05) is 10.4 Å². The van der Waals surface area contributed by atoms with Crippen LogP contribution in [0.1, 0.15) is 10.4 Å². The van der Waals surface area contributed by atoms with E-state index in [2.05, 4.69) is 24.5 Å². The predicted molar refractivity (Wildman–Crippen MR) is 51.0 cm³/mol. The van der Waals surface area contributed by atoms with Crippen LogP contribution in [0, 0.1) is 11.8 Å². The summed E-state index contributed by atoms with van der Waals surface area (Å²) in [6.07, 6.45) is 0. The molecule has 1 aromatic heterocycles. The maximum absolute atomic E-state index is 8.83. The molecule has 0 atom stereocenters. The van der Waals surface area contributed by atoms with E-state index < -0.39 is 0 Å². The van der Waals surface area contributed by atoms with Gasteiger partial charge in [0.25, 0.3) is 0 Å². The molecule has 11 heavy (non-hydrogen) atoms. The van der Waals surface area contributed by atoms with Gasteiger partial charge in [-0.1, -0.05) is 11.8 Å². The highest BCUT2D eigenvalue weighted by atomic mass is 32.1. The second kappa shape index (κ2) is 4.45. The van der Waals surface area contributed by atoms with Crippen molar-refractivity contribution in [1.82, 2.24) is 0 Å². The lowest BCUT2D eigenvalue weighted by Gasteiger charge is -1.88. The van der Waals surface area contributed by atoms with Crippen LogP contribution in [0.2, 0.25) is 0 Å². The minimum atomic E-state index is 0.0776. The van der Waals surface area contributed by atoms with Crippen LogP contribution >= 0.6 is 24.0 Å². The fourth-order valence-electron chi connectivity index (χ4n) is 0.709. The molecule has 1 nitrogen and oxygen atoms in total. The normalized spacial score (nSPS) is 8.91. The summed E-state index contributed by atoms with van der Waals surface area (Å²) in [7, 11) is 0. The Balaban J connectivity index is 2.84. The van der Waals surface area contributed by atoms with Crippen LogP contribution in [0.5, 0.6) is 0 Å². The quantitative estimate of drug-likeness (QED) is 0.501. The smallest absolute Gasteiger partial charge is 0.0787 e. The molecule has 3 heteroatoms. The van der Waals surface area contributed by atoms with Crippen LogP contribution in [-0.2, 0) is 6.61 Å². The average molecular weight is 184 g/mol. The minimum Gasteiger partial charge on any atom is -0.391 e. The lowest BCUT2D eigenvalue weighted by atomic mass is 10.3. The summed E-state index contributed by atoms with van der Waals surface area (Å²) < 4.78 is 0. The van der Waals surface area contributed by atoms with Gasteiger partial charge in [-0.2, -0.15) is 12.6 Å². The van der Waals surface area contributed by atoms with Gasteiger partial charge >= 0.3 is 0 Å². The summed E-state index contributed by atoms with van der Waals surface area (Å²) in [6, 6.07) is 1.91. The summed E-state index contributed by atoms with van der Waals surface area (Å²) in [5, 5.41) is 10.8. The maximum atomic E-state index is 8.83. The van der Waals surface area contributed by atoms with Crippen molar-refractivity contribution >= 4 is 24.0 Å². The Morgan fingerprint density at radius 2 is 2.45 bits per heavy atom. The molecule has 0 saturated carbocycles. The molecule has 0 aliphatic heterocycles. The van der Waals surface area contributed by atoms with Crippen LogP contribution in [0.3, 0.4) is 0 Å². The van der Waals surface area contributed by atoms with Crippen LogP contribution in [0.15, 0.2) is 11.4 Å². The molecular formula is C8H8OS2. The molecule has 0 radical (unpaired) electrons. The van der Waals surface area contributed by atoms with Crippen molar-refractivity contribution in [3.05, 3.63) is 21.9 Å². The first-order valence-electron chi connectivity index (χ1n) is 3.15. The van der Waals surface area contributed by atoms with Crippen molar-refractivity contribution in [3.8, 4) is 11.8 Å². The minimum absolute atomic E-state index is 0.0776. The number of thiol groups is 1. The second-order valence-corrected chi connectivity index (χ2v) is 3.19. The molecule has 0 spiro atoms. The molecule has 58 valence electrons. The van der Waals surface area contributed by atoms with Gasteiger partial charge < -0.3 is 5.11 Å². The molecule has 0 fully saturated rings. The number of hydrogen-bond donors (Lipinski definition) is 2. The monoisotopic (exact) mass is 184 g/mol. The highest BCUT2D eigenvalue weighted by Gasteiger charge is 1.97. The van der Waals surface area contributed by atoms with Crippen molar-refractivity contribution in [2.45, 2.75) is 6.61 Å². The molecule has 0 aliphatic carbocycles. The van der Waals surface area contributed by atoms with Gasteiger partial charge in [-0.3, -0.25) is 0 Å². The van der Waals surface area contributed by atoms with Crippen molar-refractivity contribution in [3.63, 3.8) is 0 Å². The zero-order valence-corrected chi connectivity index (χ0v) is 7.58. The first-order chi connectivity index (χ1) is 5.38. The summed E-state index contributed by atoms with van der Waals surface area (Å²) in [4.78, 5) is 0.930. The molecule has 0 aliphatic rings. The maximum Gasteiger partial charge on any atom is 0.0787 e. The molecule has 0 unspecified atom stereocenters. The number of rotatable bonds is 1. The average Bonchev–Trinajstić information content (AvgIpc) is 2.47. The van der Waals surface area contributed by atoms with E-state index in [0.29, 0.717) is 5.75 Å². The highest BCUT2D eigenvalue weighted by molar-refractivity contribution is 7.80. The summed E-state index contributed by atoms with van der Waals surface area (Å²) >= 11 is 5.49. The van der Waals surface area contributed by atoms with Crippen LogP contribution < -0.4 is 0 Å². The Labute approximate surface area is 75.5 Å². The van der Waals surface area contributed by atoms with Crippen molar-refractivity contribution in [2.75, 3.05) is 5.75 Å². The van der Waals surface area contributed by atoms with Gasteiger partial charge in [-0.15, -0.1) is 11.3 Å². The fourth-order valence-corrected chi connectivity index (χ4v) is 1.48. The number of aliphatic hydroxyl groups is 1. The Morgan fingerprint density at radius 3 is 3.09 bits per heavy atom. The largest absolute Gasteiger partial charge is 0.391 e. The number of aliphatic hydroxyl groups excluding tert-OH is 1. The third-order valence-corrected chi connectivity index (χ3v) is 2.25. The zero-order chi connectivity index (χ0) is 8.10. The van der Waals surface area contributed by atoms with Gasteiger partial charge in [0.1, 0.15) is 0 Å². The molecule has 0 amide bonds. The first-order valence-corrected chi connectivity index (χ1v) is 4.66. The van der Waals surface area contributed by atoms with Gasteiger partial charge in [-0.05, 0) is 11.4 Å². The lowest BCUT2D eigenvalue weighted by Crippen LogP contribution is -1.80. The second-order valence-electron chi connectivity index (χ2n) is 1.88. The molecule has 1 N–H and O–H groups in total. The molecule has 0 saturated heterocycles. The van der Waals surface area contributed by atoms with E-state index >= 15 is 0 Å². The summed E-state index contributed by atoms with van der Waals surface area (Å²) in [6.45, 7) is 0.0776. The van der Waals surface area contributed by atoms with Crippen LogP contribution in [0.4, 0.5) is 0 Å². The van der Waals surface area contributed by atoms with E-state index in [1.165, 1.54) is 11.3 Å². The topological polar surface area (TPSA) is 20.2 Å². The Bertz CT molecular complexity index is 280. The van der Waals surface area contributed by atoms with Gasteiger partial charge in [0.2, 0.25) is 0 Å². The van der Waals surface area contributed by atoms with Gasteiger partial charge in [0.15, 0.2) is 0 Å². The predicted octanol–water partition coefficient (Wildman–Crippen LogP) is 1.52. The molecular weight excluding hydrogens is 176 g/mol. The third-order valence-electron chi connectivity index (χ3n) is 1.19. The Hall–Kier alpha value is -0.430. The highest BCUT2D eigenvalue weighted by Crippen LogP contribution is 2.14. The molecule has 0 bridgehead atoms. The van der Waals surface area contributed by atoms with Crippen molar-refractivity contribution < 1.29 is 5.11 Å². The Morgan fingerprint density at radius 1 is 1.64 bits per heavy atom. The number of thiophene rings is 1. The molecule has 1 rings (SSSR count). The van der Waals surface area contributed by atoms with Crippen LogP contribution in [-0.4, -0.2) is 10.9 Å². The Kier molecular flexibility index (Phi) is 3.50. The van der Waals surface area contributed by atoms with Crippen molar-refractivity contribution in [2.24, 2.45) is 0 Å². The van der Waals surface area contributed by atoms with E-state index in [0.717, 1.165) is 10.4 Å². The van der Waals surface area contributed by atoms with Crippen molar-refractivity contribution in [1.29, 1.82) is 0 Å². The van der Waals surface area contributed by atoms with Gasteiger partial charge in [0.05, 0.1) is 12.4 Å². The van der Waals surface area contributed by atoms with E-state index in [1.54, 1.807) is 0 Å². The SMILES string of the molecule is OCc1sccc1C#CCS.